The van der Waals surface area contributed by atoms with Gasteiger partial charge in [-0.05, 0) is 61.4 Å². The van der Waals surface area contributed by atoms with Gasteiger partial charge in [0.15, 0.2) is 0 Å². The Labute approximate surface area is 235 Å². The number of rotatable bonds is 7. The van der Waals surface area contributed by atoms with Crippen LogP contribution >= 0.6 is 0 Å². The number of likely N-dealkylation sites (N-methyl/N-ethyl adjacent to an activating group) is 1. The van der Waals surface area contributed by atoms with Gasteiger partial charge in [-0.3, -0.25) is 14.4 Å². The molecule has 0 bridgehead atoms. The molecule has 1 saturated heterocycles. The molecule has 3 aromatic carbocycles. The smallest absolute Gasteiger partial charge is 0.255 e. The SMILES string of the molecule is CCNC(=O)[C@]1(c2ccccc2)CCC(C(=O)N2CCC(NC(=O)c3ccccc3OC)CC2)c2ccccc21. The first-order valence-corrected chi connectivity index (χ1v) is 14.2. The predicted molar refractivity (Wildman–Crippen MR) is 154 cm³/mol. The number of ether oxygens (including phenoxy) is 1. The quantitative estimate of drug-likeness (QED) is 0.466. The molecule has 3 aromatic rings. The van der Waals surface area contributed by atoms with Gasteiger partial charge >= 0.3 is 0 Å². The van der Waals surface area contributed by atoms with Crippen LogP contribution in [0.1, 0.15) is 65.6 Å². The summed E-state index contributed by atoms with van der Waals surface area (Å²) in [6.45, 7) is 3.63. The van der Waals surface area contributed by atoms with E-state index in [4.69, 9.17) is 4.74 Å². The number of para-hydroxylation sites is 1. The molecule has 1 heterocycles. The number of fused-ring (bicyclic) bond motifs is 1. The normalized spacial score (nSPS) is 20.8. The van der Waals surface area contributed by atoms with Gasteiger partial charge in [-0.25, -0.2) is 0 Å². The molecule has 40 heavy (non-hydrogen) atoms. The highest BCUT2D eigenvalue weighted by atomic mass is 16.5. The van der Waals surface area contributed by atoms with E-state index in [-0.39, 0.29) is 29.7 Å². The molecule has 1 aliphatic carbocycles. The zero-order valence-electron chi connectivity index (χ0n) is 23.2. The molecule has 1 unspecified atom stereocenters. The third-order valence-electron chi connectivity index (χ3n) is 8.39. The molecule has 1 fully saturated rings. The van der Waals surface area contributed by atoms with Crippen molar-refractivity contribution in [1.29, 1.82) is 0 Å². The molecule has 7 nitrogen and oxygen atoms in total. The lowest BCUT2D eigenvalue weighted by Crippen LogP contribution is -2.51. The molecular weight excluding hydrogens is 502 g/mol. The average Bonchev–Trinajstić information content (AvgIpc) is 3.01. The van der Waals surface area contributed by atoms with E-state index in [1.165, 1.54) is 0 Å². The van der Waals surface area contributed by atoms with E-state index in [0.29, 0.717) is 56.6 Å². The lowest BCUT2D eigenvalue weighted by molar-refractivity contribution is -0.135. The van der Waals surface area contributed by atoms with E-state index >= 15 is 0 Å². The second-order valence-corrected chi connectivity index (χ2v) is 10.6. The molecule has 2 atom stereocenters. The van der Waals surface area contributed by atoms with Crippen LogP contribution in [-0.4, -0.2) is 55.4 Å². The molecule has 0 radical (unpaired) electrons. The fraction of sp³-hybridized carbons (Fsp3) is 0.364. The highest BCUT2D eigenvalue weighted by molar-refractivity contribution is 5.97. The molecule has 1 aliphatic heterocycles. The highest BCUT2D eigenvalue weighted by Gasteiger charge is 2.48. The third-order valence-corrected chi connectivity index (χ3v) is 8.39. The van der Waals surface area contributed by atoms with Gasteiger partial charge in [-0.15, -0.1) is 0 Å². The summed E-state index contributed by atoms with van der Waals surface area (Å²) in [5, 5.41) is 6.18. The number of carbonyl (C=O) groups is 3. The Bertz CT molecular complexity index is 1370. The molecule has 5 rings (SSSR count). The molecule has 2 N–H and O–H groups in total. The van der Waals surface area contributed by atoms with E-state index in [1.54, 1.807) is 19.2 Å². The van der Waals surface area contributed by atoms with Crippen LogP contribution in [0.2, 0.25) is 0 Å². The van der Waals surface area contributed by atoms with E-state index in [1.807, 2.05) is 78.6 Å². The van der Waals surface area contributed by atoms with E-state index in [2.05, 4.69) is 10.6 Å². The number of nitrogens with zero attached hydrogens (tertiary/aromatic N) is 1. The summed E-state index contributed by atoms with van der Waals surface area (Å²) in [6, 6.07) is 25.0. The van der Waals surface area contributed by atoms with Crippen LogP contribution in [-0.2, 0) is 15.0 Å². The topological polar surface area (TPSA) is 87.7 Å². The maximum Gasteiger partial charge on any atom is 0.255 e. The van der Waals surface area contributed by atoms with Gasteiger partial charge in [0.25, 0.3) is 5.91 Å². The van der Waals surface area contributed by atoms with Gasteiger partial charge in [-0.1, -0.05) is 66.7 Å². The van der Waals surface area contributed by atoms with E-state index < -0.39 is 5.41 Å². The Kier molecular flexibility index (Phi) is 8.19. The van der Waals surface area contributed by atoms with Crippen molar-refractivity contribution in [2.75, 3.05) is 26.7 Å². The van der Waals surface area contributed by atoms with Crippen molar-refractivity contribution in [3.63, 3.8) is 0 Å². The predicted octanol–water partition coefficient (Wildman–Crippen LogP) is 4.42. The Morgan fingerprint density at radius 1 is 0.900 bits per heavy atom. The van der Waals surface area contributed by atoms with Gasteiger partial charge in [0.2, 0.25) is 11.8 Å². The lowest BCUT2D eigenvalue weighted by atomic mass is 9.62. The first-order chi connectivity index (χ1) is 19.5. The average molecular weight is 540 g/mol. The number of likely N-dealkylation sites (tertiary alicyclic amines) is 1. The standard InChI is InChI=1S/C33H37N3O4/c1-3-34-32(39)33(23-11-5-4-6-12-23)20-17-26(25-13-7-9-15-28(25)33)31(38)36-21-18-24(19-22-36)35-30(37)27-14-8-10-16-29(27)40-2/h4-16,24,26H,3,17-22H2,1-2H3,(H,34,39)(H,35,37)/t26?,33-/m0/s1. The zero-order chi connectivity index (χ0) is 28.1. The fourth-order valence-corrected chi connectivity index (χ4v) is 6.36. The van der Waals surface area contributed by atoms with Crippen molar-refractivity contribution in [3.8, 4) is 5.75 Å². The summed E-state index contributed by atoms with van der Waals surface area (Å²) >= 11 is 0. The Hall–Kier alpha value is -4.13. The van der Waals surface area contributed by atoms with Crippen LogP contribution < -0.4 is 15.4 Å². The van der Waals surface area contributed by atoms with Gasteiger partial charge < -0.3 is 20.3 Å². The first kappa shape index (κ1) is 27.4. The Morgan fingerprint density at radius 3 is 2.30 bits per heavy atom. The third kappa shape index (κ3) is 5.08. The second kappa shape index (κ2) is 11.9. The zero-order valence-corrected chi connectivity index (χ0v) is 23.2. The summed E-state index contributed by atoms with van der Waals surface area (Å²) in [7, 11) is 1.56. The Balaban J connectivity index is 1.32. The summed E-state index contributed by atoms with van der Waals surface area (Å²) in [4.78, 5) is 42.4. The molecule has 7 heteroatoms. The number of hydrogen-bond acceptors (Lipinski definition) is 4. The van der Waals surface area contributed by atoms with Gasteiger partial charge in [-0.2, -0.15) is 0 Å². The number of benzene rings is 3. The minimum absolute atomic E-state index is 0.0106. The van der Waals surface area contributed by atoms with Crippen molar-refractivity contribution in [2.45, 2.75) is 50.0 Å². The monoisotopic (exact) mass is 539 g/mol. The lowest BCUT2D eigenvalue weighted by Gasteiger charge is -2.42. The van der Waals surface area contributed by atoms with Crippen molar-refractivity contribution in [2.24, 2.45) is 0 Å². The maximum absolute atomic E-state index is 13.9. The van der Waals surface area contributed by atoms with E-state index in [9.17, 15) is 14.4 Å². The van der Waals surface area contributed by atoms with Gasteiger partial charge in [0, 0.05) is 25.7 Å². The molecule has 0 spiro atoms. The summed E-state index contributed by atoms with van der Waals surface area (Å²) < 4.78 is 5.33. The number of piperidine rings is 1. The van der Waals surface area contributed by atoms with Crippen molar-refractivity contribution in [1.82, 2.24) is 15.5 Å². The molecule has 0 aromatic heterocycles. The van der Waals surface area contributed by atoms with Crippen LogP contribution in [0.15, 0.2) is 78.9 Å². The second-order valence-electron chi connectivity index (χ2n) is 10.6. The van der Waals surface area contributed by atoms with Crippen molar-refractivity contribution >= 4 is 17.7 Å². The van der Waals surface area contributed by atoms with Crippen LogP contribution in [0.25, 0.3) is 0 Å². The summed E-state index contributed by atoms with van der Waals surface area (Å²) in [5.41, 5.74) is 2.47. The van der Waals surface area contributed by atoms with E-state index in [0.717, 1.165) is 16.7 Å². The van der Waals surface area contributed by atoms with Crippen molar-refractivity contribution < 1.29 is 19.1 Å². The first-order valence-electron chi connectivity index (χ1n) is 14.2. The summed E-state index contributed by atoms with van der Waals surface area (Å²) in [5.74, 6) is 0.154. The van der Waals surface area contributed by atoms with Crippen molar-refractivity contribution in [3.05, 3.63) is 101 Å². The Morgan fingerprint density at radius 2 is 1.57 bits per heavy atom. The van der Waals surface area contributed by atoms with Gasteiger partial charge in [0.05, 0.1) is 24.0 Å². The van der Waals surface area contributed by atoms with Crippen LogP contribution in [0.3, 0.4) is 0 Å². The highest BCUT2D eigenvalue weighted by Crippen LogP contribution is 2.47. The van der Waals surface area contributed by atoms with Crippen LogP contribution in [0, 0.1) is 0 Å². The molecule has 208 valence electrons. The number of methoxy groups -OCH3 is 1. The summed E-state index contributed by atoms with van der Waals surface area (Å²) in [6.07, 6.45) is 2.52. The number of nitrogens with one attached hydrogen (secondary N) is 2. The number of carbonyl (C=O) groups excluding carboxylic acids is 3. The largest absolute Gasteiger partial charge is 0.496 e. The minimum Gasteiger partial charge on any atom is -0.496 e. The minimum atomic E-state index is -0.833. The fourth-order valence-electron chi connectivity index (χ4n) is 6.36. The molecule has 2 aliphatic rings. The van der Waals surface area contributed by atoms with Crippen LogP contribution in [0.5, 0.6) is 5.75 Å². The molecule has 0 saturated carbocycles. The van der Waals surface area contributed by atoms with Gasteiger partial charge in [0.1, 0.15) is 5.75 Å². The number of hydrogen-bond donors (Lipinski definition) is 2. The molecular formula is C33H37N3O4. The van der Waals surface area contributed by atoms with Crippen LogP contribution in [0.4, 0.5) is 0 Å². The number of amides is 3. The maximum atomic E-state index is 13.9. The molecule has 3 amide bonds.